The molecule has 0 spiro atoms. The van der Waals surface area contributed by atoms with Crippen molar-refractivity contribution in [2.45, 2.75) is 32.6 Å². The van der Waals surface area contributed by atoms with Gasteiger partial charge in [0, 0.05) is 36.6 Å². The van der Waals surface area contributed by atoms with Crippen molar-refractivity contribution in [3.63, 3.8) is 0 Å². The van der Waals surface area contributed by atoms with Gasteiger partial charge in [-0.1, -0.05) is 17.7 Å². The van der Waals surface area contributed by atoms with Crippen molar-refractivity contribution in [3.8, 4) is 0 Å². The highest BCUT2D eigenvalue weighted by molar-refractivity contribution is 6.00. The van der Waals surface area contributed by atoms with Gasteiger partial charge in [-0.2, -0.15) is 0 Å². The van der Waals surface area contributed by atoms with Crippen molar-refractivity contribution >= 4 is 17.7 Å². The van der Waals surface area contributed by atoms with E-state index in [1.165, 1.54) is 23.1 Å². The molecule has 6 nitrogen and oxygen atoms in total. The van der Waals surface area contributed by atoms with E-state index in [2.05, 4.69) is 37.9 Å². The summed E-state index contributed by atoms with van der Waals surface area (Å²) in [4.78, 5) is 33.8. The molecule has 140 valence electrons. The van der Waals surface area contributed by atoms with E-state index in [1.807, 2.05) is 0 Å². The van der Waals surface area contributed by atoms with Crippen LogP contribution < -0.4 is 0 Å². The van der Waals surface area contributed by atoms with Gasteiger partial charge in [-0.15, -0.1) is 0 Å². The molecule has 2 N–H and O–H groups in total. The van der Waals surface area contributed by atoms with Crippen LogP contribution in [0.25, 0.3) is 0 Å². The number of hydrogen-bond acceptors (Lipinski definition) is 4. The number of fused-ring (bicyclic) bond motifs is 3. The summed E-state index contributed by atoms with van der Waals surface area (Å²) in [6.45, 7) is 6.45. The Hall–Kier alpha value is -2.47. The second-order valence-electron chi connectivity index (χ2n) is 7.10. The lowest BCUT2D eigenvalue weighted by Crippen LogP contribution is -2.40. The number of carboxylic acids is 2. The third kappa shape index (κ3) is 4.79. The normalized spacial score (nSPS) is 22.2. The molecule has 6 heteroatoms. The molecular weight excluding hydrogens is 334 g/mol. The van der Waals surface area contributed by atoms with Gasteiger partial charge in [0.25, 0.3) is 0 Å². The van der Waals surface area contributed by atoms with Gasteiger partial charge in [0.05, 0.1) is 0 Å². The number of carbonyl (C=O) groups excluding carboxylic acids is 1. The first-order valence-electron chi connectivity index (χ1n) is 8.65. The Balaban J connectivity index is 0.000000260. The Kier molecular flexibility index (Phi) is 6.32. The van der Waals surface area contributed by atoms with Gasteiger partial charge in [-0.05, 0) is 50.9 Å². The van der Waals surface area contributed by atoms with Crippen molar-refractivity contribution in [3.05, 3.63) is 46.5 Å². The van der Waals surface area contributed by atoms with Crippen molar-refractivity contribution < 1.29 is 24.6 Å². The van der Waals surface area contributed by atoms with E-state index in [9.17, 15) is 14.4 Å². The number of carbonyl (C=O) groups is 3. The topological polar surface area (TPSA) is 94.9 Å². The molecule has 0 aromatic heterocycles. The molecule has 1 heterocycles. The number of nitrogens with zero attached hydrogens (tertiary/aromatic N) is 1. The molecule has 0 bridgehead atoms. The second kappa shape index (κ2) is 8.27. The van der Waals surface area contributed by atoms with Crippen LogP contribution in [0.2, 0.25) is 0 Å². The summed E-state index contributed by atoms with van der Waals surface area (Å²) in [5, 5.41) is 15.6. The molecule has 1 fully saturated rings. The fourth-order valence-electron chi connectivity index (χ4n) is 3.92. The monoisotopic (exact) mass is 359 g/mol. The Morgan fingerprint density at radius 2 is 1.77 bits per heavy atom. The molecule has 2 atom stereocenters. The standard InChI is InChI=1S/C16H21NO.C4H4O4/c1-10-6-11(2)16-13(7-10)14-9-17(3)5-4-12(14)8-15(16)18;5-3(6)1-2-4(7)8/h6-7,12,14H,4-5,8-9H2,1-3H3;1-2H,(H,5,6)(H,7,8). The fourth-order valence-corrected chi connectivity index (χ4v) is 3.92. The average Bonchev–Trinajstić information content (AvgIpc) is 2.53. The summed E-state index contributed by atoms with van der Waals surface area (Å²) < 4.78 is 0. The van der Waals surface area contributed by atoms with E-state index < -0.39 is 11.9 Å². The first-order chi connectivity index (χ1) is 12.2. The van der Waals surface area contributed by atoms with E-state index in [0.717, 1.165) is 25.1 Å². The van der Waals surface area contributed by atoms with Gasteiger partial charge in [-0.25, -0.2) is 9.59 Å². The zero-order valence-corrected chi connectivity index (χ0v) is 15.4. The summed E-state index contributed by atoms with van der Waals surface area (Å²) >= 11 is 0. The number of likely N-dealkylation sites (tertiary alicyclic amines) is 1. The first kappa shape index (κ1) is 19.8. The van der Waals surface area contributed by atoms with Crippen LogP contribution in [-0.4, -0.2) is 53.0 Å². The molecule has 2 aliphatic rings. The van der Waals surface area contributed by atoms with Crippen LogP contribution in [0.3, 0.4) is 0 Å². The third-order valence-corrected chi connectivity index (χ3v) is 4.96. The van der Waals surface area contributed by atoms with Crippen LogP contribution in [0.15, 0.2) is 24.3 Å². The van der Waals surface area contributed by atoms with E-state index in [-0.39, 0.29) is 0 Å². The molecular formula is C20H25NO5. The van der Waals surface area contributed by atoms with Crippen LogP contribution in [0.5, 0.6) is 0 Å². The molecule has 1 aromatic carbocycles. The highest BCUT2D eigenvalue weighted by Gasteiger charge is 2.37. The maximum absolute atomic E-state index is 12.3. The van der Waals surface area contributed by atoms with Crippen molar-refractivity contribution in [2.24, 2.45) is 5.92 Å². The highest BCUT2D eigenvalue weighted by Crippen LogP contribution is 2.42. The Bertz CT molecular complexity index is 737. The predicted molar refractivity (Wildman–Crippen MR) is 97.6 cm³/mol. The largest absolute Gasteiger partial charge is 0.478 e. The molecule has 1 aromatic rings. The second-order valence-corrected chi connectivity index (χ2v) is 7.10. The molecule has 0 saturated carbocycles. The Labute approximate surface area is 153 Å². The fraction of sp³-hybridized carbons (Fsp3) is 0.450. The predicted octanol–water partition coefficient (Wildman–Crippen LogP) is 2.64. The average molecular weight is 359 g/mol. The van der Waals surface area contributed by atoms with Crippen LogP contribution in [0.1, 0.15) is 45.8 Å². The summed E-state index contributed by atoms with van der Waals surface area (Å²) in [6.07, 6.45) is 3.04. The minimum Gasteiger partial charge on any atom is -0.478 e. The lowest BCUT2D eigenvalue weighted by molar-refractivity contribution is -0.134. The minimum atomic E-state index is -1.26. The maximum atomic E-state index is 12.3. The maximum Gasteiger partial charge on any atom is 0.328 e. The van der Waals surface area contributed by atoms with Gasteiger partial charge in [0.15, 0.2) is 5.78 Å². The van der Waals surface area contributed by atoms with E-state index in [4.69, 9.17) is 10.2 Å². The number of benzene rings is 1. The van der Waals surface area contributed by atoms with E-state index in [1.54, 1.807) is 0 Å². The molecule has 0 radical (unpaired) electrons. The summed E-state index contributed by atoms with van der Waals surface area (Å²) in [5.41, 5.74) is 4.80. The number of carboxylic acid groups (broad SMARTS) is 2. The van der Waals surface area contributed by atoms with Gasteiger partial charge >= 0.3 is 11.9 Å². The molecule has 26 heavy (non-hydrogen) atoms. The van der Waals surface area contributed by atoms with Crippen molar-refractivity contribution in [2.75, 3.05) is 20.1 Å². The molecule has 1 saturated heterocycles. The van der Waals surface area contributed by atoms with E-state index >= 15 is 0 Å². The quantitative estimate of drug-likeness (QED) is 0.788. The van der Waals surface area contributed by atoms with Crippen LogP contribution in [0, 0.1) is 19.8 Å². The van der Waals surface area contributed by atoms with Crippen LogP contribution >= 0.6 is 0 Å². The highest BCUT2D eigenvalue weighted by atomic mass is 16.4. The summed E-state index contributed by atoms with van der Waals surface area (Å²) in [5.74, 6) is -1.01. The number of piperidine rings is 1. The van der Waals surface area contributed by atoms with Gasteiger partial charge in [0.2, 0.25) is 0 Å². The smallest absolute Gasteiger partial charge is 0.328 e. The molecule has 3 rings (SSSR count). The number of ketones is 1. The van der Waals surface area contributed by atoms with Gasteiger partial charge in [0.1, 0.15) is 0 Å². The lowest BCUT2D eigenvalue weighted by atomic mass is 9.70. The first-order valence-corrected chi connectivity index (χ1v) is 8.65. The lowest BCUT2D eigenvalue weighted by Gasteiger charge is -2.41. The van der Waals surface area contributed by atoms with Crippen molar-refractivity contribution in [1.29, 1.82) is 0 Å². The SMILES string of the molecule is Cc1cc(C)c2c(c1)C1CN(C)CCC1CC2=O.O=C(O)C=CC(=O)O. The van der Waals surface area contributed by atoms with Gasteiger partial charge < -0.3 is 15.1 Å². The zero-order valence-electron chi connectivity index (χ0n) is 15.4. The Morgan fingerprint density at radius 1 is 1.15 bits per heavy atom. The third-order valence-electron chi connectivity index (χ3n) is 4.96. The Morgan fingerprint density at radius 3 is 2.35 bits per heavy atom. The van der Waals surface area contributed by atoms with Crippen LogP contribution in [0.4, 0.5) is 0 Å². The number of Topliss-reactive ketones (excluding diaryl/α,β-unsaturated/α-hetero) is 1. The summed E-state index contributed by atoms with van der Waals surface area (Å²) in [7, 11) is 2.19. The van der Waals surface area contributed by atoms with E-state index in [0.29, 0.717) is 29.8 Å². The number of rotatable bonds is 2. The number of aryl methyl sites for hydroxylation is 2. The van der Waals surface area contributed by atoms with Crippen LogP contribution in [-0.2, 0) is 9.59 Å². The molecule has 2 unspecified atom stereocenters. The number of likely N-dealkylation sites (N-methyl/N-ethyl adjacent to an activating group) is 1. The molecule has 1 aliphatic heterocycles. The molecule has 0 amide bonds. The molecule has 1 aliphatic carbocycles. The van der Waals surface area contributed by atoms with Crippen molar-refractivity contribution in [1.82, 2.24) is 4.90 Å². The number of aliphatic carboxylic acids is 2. The number of hydrogen-bond donors (Lipinski definition) is 2. The van der Waals surface area contributed by atoms with Gasteiger partial charge in [-0.3, -0.25) is 4.79 Å². The zero-order chi connectivity index (χ0) is 19.4. The summed E-state index contributed by atoms with van der Waals surface area (Å²) in [6, 6.07) is 4.39. The minimum absolute atomic E-state index is 0.369.